The van der Waals surface area contributed by atoms with Crippen molar-refractivity contribution in [1.29, 1.82) is 0 Å². The summed E-state index contributed by atoms with van der Waals surface area (Å²) in [7, 11) is 0. The quantitative estimate of drug-likeness (QED) is 0.468. The molecule has 1 aromatic rings. The van der Waals surface area contributed by atoms with Gasteiger partial charge in [0.1, 0.15) is 5.69 Å². The predicted molar refractivity (Wildman–Crippen MR) is 79.2 cm³/mol. The second-order valence-electron chi connectivity index (χ2n) is 4.53. The van der Waals surface area contributed by atoms with E-state index in [4.69, 9.17) is 0 Å². The second kappa shape index (κ2) is 5.77. The Morgan fingerprint density at radius 3 is 2.61 bits per heavy atom. The number of carbonyl (C=O) groups is 1. The number of rotatable bonds is 3. The maximum absolute atomic E-state index is 11.6. The van der Waals surface area contributed by atoms with E-state index in [-0.39, 0.29) is 5.78 Å². The SMILES string of the molecule is CC(=O)c1cc(I)cc(C)c1/N=N/N1CCCC1. The molecule has 0 N–H and O–H groups in total. The fourth-order valence-corrected chi connectivity index (χ4v) is 2.81. The van der Waals surface area contributed by atoms with Crippen molar-refractivity contribution in [3.63, 3.8) is 0 Å². The Bertz CT molecular complexity index is 493. The van der Waals surface area contributed by atoms with E-state index < -0.39 is 0 Å². The Morgan fingerprint density at radius 1 is 1.33 bits per heavy atom. The molecule has 0 atom stereocenters. The van der Waals surface area contributed by atoms with Crippen LogP contribution < -0.4 is 0 Å². The minimum absolute atomic E-state index is 0.0342. The van der Waals surface area contributed by atoms with Gasteiger partial charge in [-0.3, -0.25) is 9.80 Å². The molecule has 2 rings (SSSR count). The van der Waals surface area contributed by atoms with Crippen LogP contribution in [0, 0.1) is 10.5 Å². The van der Waals surface area contributed by atoms with Crippen LogP contribution >= 0.6 is 22.6 Å². The molecule has 0 spiro atoms. The summed E-state index contributed by atoms with van der Waals surface area (Å²) < 4.78 is 1.05. The first-order chi connectivity index (χ1) is 8.58. The maximum Gasteiger partial charge on any atom is 0.162 e. The van der Waals surface area contributed by atoms with Gasteiger partial charge in [0.25, 0.3) is 0 Å². The number of carbonyl (C=O) groups excluding carboxylic acids is 1. The number of ketones is 1. The summed E-state index contributed by atoms with van der Waals surface area (Å²) in [6.07, 6.45) is 2.34. The fraction of sp³-hybridized carbons (Fsp3) is 0.462. The fourth-order valence-electron chi connectivity index (χ4n) is 2.03. The monoisotopic (exact) mass is 357 g/mol. The molecular formula is C13H16IN3O. The van der Waals surface area contributed by atoms with Crippen LogP contribution in [0.15, 0.2) is 22.5 Å². The highest BCUT2D eigenvalue weighted by Gasteiger charge is 2.13. The summed E-state index contributed by atoms with van der Waals surface area (Å²) >= 11 is 2.21. The summed E-state index contributed by atoms with van der Waals surface area (Å²) in [4.78, 5) is 11.6. The van der Waals surface area contributed by atoms with Crippen LogP contribution in [0.2, 0.25) is 0 Å². The zero-order chi connectivity index (χ0) is 13.1. The van der Waals surface area contributed by atoms with E-state index in [9.17, 15) is 4.79 Å². The van der Waals surface area contributed by atoms with Crippen LogP contribution in [0.5, 0.6) is 0 Å². The van der Waals surface area contributed by atoms with Crippen molar-refractivity contribution in [2.24, 2.45) is 10.3 Å². The van der Waals surface area contributed by atoms with Gasteiger partial charge in [0.15, 0.2) is 5.78 Å². The highest BCUT2D eigenvalue weighted by atomic mass is 127. The van der Waals surface area contributed by atoms with Crippen LogP contribution in [0.4, 0.5) is 5.69 Å². The summed E-state index contributed by atoms with van der Waals surface area (Å²) in [5, 5.41) is 10.5. The molecule has 0 unspecified atom stereocenters. The summed E-state index contributed by atoms with van der Waals surface area (Å²) in [6.45, 7) is 5.46. The smallest absolute Gasteiger partial charge is 0.162 e. The van der Waals surface area contributed by atoms with Crippen molar-refractivity contribution >= 4 is 34.1 Å². The van der Waals surface area contributed by atoms with Gasteiger partial charge in [0.2, 0.25) is 0 Å². The third kappa shape index (κ3) is 3.07. The van der Waals surface area contributed by atoms with Gasteiger partial charge in [0.05, 0.1) is 0 Å². The first-order valence-corrected chi connectivity index (χ1v) is 7.13. The molecule has 5 heteroatoms. The van der Waals surface area contributed by atoms with Crippen LogP contribution in [-0.4, -0.2) is 23.9 Å². The molecule has 18 heavy (non-hydrogen) atoms. The van der Waals surface area contributed by atoms with Gasteiger partial charge in [-0.15, -0.1) is 5.11 Å². The lowest BCUT2D eigenvalue weighted by Crippen LogP contribution is -2.09. The molecule has 1 fully saturated rings. The van der Waals surface area contributed by atoms with Crippen molar-refractivity contribution in [3.8, 4) is 0 Å². The average molecular weight is 357 g/mol. The van der Waals surface area contributed by atoms with Gasteiger partial charge >= 0.3 is 0 Å². The molecule has 0 aromatic heterocycles. The highest BCUT2D eigenvalue weighted by Crippen LogP contribution is 2.28. The third-order valence-electron chi connectivity index (χ3n) is 3.00. The van der Waals surface area contributed by atoms with E-state index in [2.05, 4.69) is 32.9 Å². The number of halogens is 1. The number of nitrogens with zero attached hydrogens (tertiary/aromatic N) is 3. The van der Waals surface area contributed by atoms with E-state index in [0.29, 0.717) is 11.3 Å². The number of Topliss-reactive ketones (excluding diaryl/α,β-unsaturated/α-hetero) is 1. The molecule has 1 heterocycles. The van der Waals surface area contributed by atoms with E-state index in [1.165, 1.54) is 12.8 Å². The minimum atomic E-state index is 0.0342. The van der Waals surface area contributed by atoms with Crippen molar-refractivity contribution in [2.75, 3.05) is 13.1 Å². The lowest BCUT2D eigenvalue weighted by molar-refractivity contribution is 0.101. The summed E-state index contributed by atoms with van der Waals surface area (Å²) in [5.41, 5.74) is 2.35. The maximum atomic E-state index is 11.6. The van der Waals surface area contributed by atoms with Crippen molar-refractivity contribution in [3.05, 3.63) is 26.8 Å². The molecule has 1 aliphatic heterocycles. The van der Waals surface area contributed by atoms with Crippen LogP contribution in [0.1, 0.15) is 35.7 Å². The Labute approximate surface area is 121 Å². The first kappa shape index (κ1) is 13.5. The molecule has 96 valence electrons. The Balaban J connectivity index is 2.33. The summed E-state index contributed by atoms with van der Waals surface area (Å²) in [6, 6.07) is 3.89. The minimum Gasteiger partial charge on any atom is -0.294 e. The molecule has 0 radical (unpaired) electrons. The third-order valence-corrected chi connectivity index (χ3v) is 3.62. The van der Waals surface area contributed by atoms with Crippen molar-refractivity contribution < 1.29 is 4.79 Å². The number of benzene rings is 1. The molecule has 1 aliphatic rings. The molecular weight excluding hydrogens is 341 g/mol. The van der Waals surface area contributed by atoms with Gasteiger partial charge < -0.3 is 0 Å². The Morgan fingerprint density at radius 2 is 2.00 bits per heavy atom. The molecule has 1 aromatic carbocycles. The summed E-state index contributed by atoms with van der Waals surface area (Å²) in [5.74, 6) is 0.0342. The van der Waals surface area contributed by atoms with Crippen LogP contribution in [0.25, 0.3) is 0 Å². The zero-order valence-corrected chi connectivity index (χ0v) is 12.8. The first-order valence-electron chi connectivity index (χ1n) is 6.05. The molecule has 0 aliphatic carbocycles. The van der Waals surface area contributed by atoms with Crippen molar-refractivity contribution in [2.45, 2.75) is 26.7 Å². The normalized spacial score (nSPS) is 15.6. The average Bonchev–Trinajstić information content (AvgIpc) is 2.79. The van der Waals surface area contributed by atoms with E-state index >= 15 is 0 Å². The zero-order valence-electron chi connectivity index (χ0n) is 10.6. The molecule has 4 nitrogen and oxygen atoms in total. The number of aryl methyl sites for hydroxylation is 1. The second-order valence-corrected chi connectivity index (χ2v) is 5.77. The standard InChI is InChI=1S/C13H16IN3O/c1-9-7-11(14)8-12(10(2)18)13(9)15-16-17-5-3-4-6-17/h7-8H,3-6H2,1-2H3/b16-15+. The predicted octanol–water partition coefficient (Wildman–Crippen LogP) is 3.90. The van der Waals surface area contributed by atoms with E-state index in [1.807, 2.05) is 24.1 Å². The van der Waals surface area contributed by atoms with Gasteiger partial charge in [-0.05, 0) is 67.0 Å². The Hall–Kier alpha value is -0.980. The van der Waals surface area contributed by atoms with Gasteiger partial charge in [-0.2, -0.15) is 0 Å². The van der Waals surface area contributed by atoms with Crippen LogP contribution in [-0.2, 0) is 0 Å². The lowest BCUT2D eigenvalue weighted by atomic mass is 10.1. The molecule has 0 bridgehead atoms. The molecule has 0 amide bonds. The molecule has 1 saturated heterocycles. The topological polar surface area (TPSA) is 45.0 Å². The van der Waals surface area contributed by atoms with Crippen LogP contribution in [0.3, 0.4) is 0 Å². The number of hydrogen-bond donors (Lipinski definition) is 0. The van der Waals surface area contributed by atoms with Gasteiger partial charge in [-0.1, -0.05) is 5.22 Å². The van der Waals surface area contributed by atoms with Gasteiger partial charge in [-0.25, -0.2) is 0 Å². The van der Waals surface area contributed by atoms with E-state index in [1.54, 1.807) is 6.92 Å². The van der Waals surface area contributed by atoms with E-state index in [0.717, 1.165) is 22.2 Å². The highest BCUT2D eigenvalue weighted by molar-refractivity contribution is 14.1. The lowest BCUT2D eigenvalue weighted by Gasteiger charge is -2.10. The van der Waals surface area contributed by atoms with Gasteiger partial charge in [0, 0.05) is 22.2 Å². The Kier molecular flexibility index (Phi) is 4.31. The number of hydrogen-bond acceptors (Lipinski definition) is 3. The molecule has 0 saturated carbocycles. The largest absolute Gasteiger partial charge is 0.294 e. The van der Waals surface area contributed by atoms with Crippen molar-refractivity contribution in [1.82, 2.24) is 5.01 Å².